The molecule has 158 valence electrons. The van der Waals surface area contributed by atoms with Gasteiger partial charge in [0.15, 0.2) is 17.3 Å². The summed E-state index contributed by atoms with van der Waals surface area (Å²) in [4.78, 5) is 10.4. The Bertz CT molecular complexity index is 938. The van der Waals surface area contributed by atoms with Crippen LogP contribution >= 0.6 is 35.3 Å². The summed E-state index contributed by atoms with van der Waals surface area (Å²) in [5.74, 6) is 2.36. The molecule has 0 fully saturated rings. The van der Waals surface area contributed by atoms with E-state index in [0.717, 1.165) is 46.4 Å². The molecule has 8 heteroatoms. The van der Waals surface area contributed by atoms with E-state index in [1.54, 1.807) is 11.3 Å². The minimum atomic E-state index is -0.0397. The van der Waals surface area contributed by atoms with E-state index in [1.807, 2.05) is 37.4 Å². The lowest BCUT2D eigenvalue weighted by Crippen LogP contribution is -2.38. The van der Waals surface area contributed by atoms with Crippen molar-refractivity contribution >= 4 is 52.2 Å². The van der Waals surface area contributed by atoms with Crippen LogP contribution in [0.3, 0.4) is 0 Å². The second-order valence-electron chi connectivity index (χ2n) is 6.39. The monoisotopic (exact) mass is 528 g/mol. The van der Waals surface area contributed by atoms with Crippen molar-refractivity contribution in [3.63, 3.8) is 0 Å². The Balaban J connectivity index is 0.00000300. The number of hydrogen-bond acceptors (Lipinski definition) is 5. The summed E-state index contributed by atoms with van der Waals surface area (Å²) in [6.07, 6.45) is 2.94. The second-order valence-corrected chi connectivity index (χ2v) is 7.59. The molecule has 1 atom stereocenters. The van der Waals surface area contributed by atoms with Gasteiger partial charge in [-0.05, 0) is 39.3 Å². The second kappa shape index (κ2) is 11.4. The highest BCUT2D eigenvalue weighted by Crippen LogP contribution is 2.31. The number of furan rings is 1. The zero-order chi connectivity index (χ0) is 19.9. The topological polar surface area (TPSA) is 71.7 Å². The predicted molar refractivity (Wildman–Crippen MR) is 131 cm³/mol. The van der Waals surface area contributed by atoms with E-state index in [4.69, 9.17) is 9.15 Å². The number of halogens is 1. The van der Waals surface area contributed by atoms with Gasteiger partial charge in [-0.3, -0.25) is 0 Å². The van der Waals surface area contributed by atoms with Crippen LogP contribution in [0.2, 0.25) is 0 Å². The molecule has 0 saturated heterocycles. The van der Waals surface area contributed by atoms with E-state index in [0.29, 0.717) is 13.2 Å². The highest BCUT2D eigenvalue weighted by atomic mass is 127. The number of benzene rings is 1. The summed E-state index contributed by atoms with van der Waals surface area (Å²) >= 11 is 1.71. The Morgan fingerprint density at radius 3 is 2.83 bits per heavy atom. The Hall–Kier alpha value is -1.81. The maximum atomic E-state index is 6.09. The summed E-state index contributed by atoms with van der Waals surface area (Å²) < 4.78 is 11.8. The molecule has 2 aromatic heterocycles. The molecule has 0 aliphatic carbocycles. The van der Waals surface area contributed by atoms with E-state index in [1.165, 1.54) is 4.88 Å². The van der Waals surface area contributed by atoms with Crippen LogP contribution in [0.15, 0.2) is 39.9 Å². The smallest absolute Gasteiger partial charge is 0.192 e. The van der Waals surface area contributed by atoms with Gasteiger partial charge in [-0.1, -0.05) is 19.1 Å². The van der Waals surface area contributed by atoms with Crippen LogP contribution in [0, 0.1) is 0 Å². The number of aryl methyl sites for hydroxylation is 1. The number of aliphatic imine (C=N–C) groups is 1. The van der Waals surface area contributed by atoms with Crippen molar-refractivity contribution in [3.05, 3.63) is 46.1 Å². The molecule has 0 bridgehead atoms. The van der Waals surface area contributed by atoms with Crippen molar-refractivity contribution in [2.24, 2.45) is 4.99 Å². The summed E-state index contributed by atoms with van der Waals surface area (Å²) in [5, 5.41) is 8.76. The number of fused-ring (bicyclic) bond motifs is 1. The summed E-state index contributed by atoms with van der Waals surface area (Å²) in [7, 11) is 0. The number of guanidine groups is 1. The third-order valence-electron chi connectivity index (χ3n) is 4.27. The Morgan fingerprint density at radius 1 is 1.31 bits per heavy atom. The van der Waals surface area contributed by atoms with Crippen molar-refractivity contribution in [1.82, 2.24) is 15.6 Å². The average molecular weight is 528 g/mol. The SMILES string of the molecule is CCNC(=NCc1ncc(CC)s1)NC(C)c1cc2cccc(OCC)c2o1.I. The average Bonchev–Trinajstić information content (AvgIpc) is 3.34. The highest BCUT2D eigenvalue weighted by molar-refractivity contribution is 14.0. The van der Waals surface area contributed by atoms with Crippen molar-refractivity contribution in [1.29, 1.82) is 0 Å². The molecular weight excluding hydrogens is 499 g/mol. The van der Waals surface area contributed by atoms with Gasteiger partial charge in [0.25, 0.3) is 0 Å². The number of nitrogens with zero attached hydrogens (tertiary/aromatic N) is 2. The van der Waals surface area contributed by atoms with Gasteiger partial charge in [0.2, 0.25) is 0 Å². The maximum Gasteiger partial charge on any atom is 0.192 e. The number of rotatable bonds is 8. The van der Waals surface area contributed by atoms with Crippen LogP contribution in [0.25, 0.3) is 11.0 Å². The highest BCUT2D eigenvalue weighted by Gasteiger charge is 2.15. The van der Waals surface area contributed by atoms with Gasteiger partial charge >= 0.3 is 0 Å². The molecule has 0 spiro atoms. The summed E-state index contributed by atoms with van der Waals surface area (Å²) in [6.45, 7) is 10.2. The van der Waals surface area contributed by atoms with Gasteiger partial charge in [0.05, 0.1) is 19.2 Å². The normalized spacial score (nSPS) is 12.5. The van der Waals surface area contributed by atoms with Crippen molar-refractivity contribution < 1.29 is 9.15 Å². The summed E-state index contributed by atoms with van der Waals surface area (Å²) in [6, 6.07) is 7.95. The third kappa shape index (κ3) is 6.08. The van der Waals surface area contributed by atoms with Crippen molar-refractivity contribution in [2.75, 3.05) is 13.2 Å². The van der Waals surface area contributed by atoms with Crippen molar-refractivity contribution in [2.45, 2.75) is 46.7 Å². The van der Waals surface area contributed by atoms with Crippen LogP contribution < -0.4 is 15.4 Å². The fraction of sp³-hybridized carbons (Fsp3) is 0.429. The van der Waals surface area contributed by atoms with Crippen LogP contribution in [0.5, 0.6) is 5.75 Å². The van der Waals surface area contributed by atoms with Crippen LogP contribution in [-0.4, -0.2) is 24.1 Å². The molecule has 3 rings (SSSR count). The van der Waals surface area contributed by atoms with E-state index < -0.39 is 0 Å². The molecular formula is C21H29IN4O2S. The molecule has 0 saturated carbocycles. The van der Waals surface area contributed by atoms with Gasteiger partial charge in [-0.15, -0.1) is 35.3 Å². The van der Waals surface area contributed by atoms with Crippen molar-refractivity contribution in [3.8, 4) is 5.75 Å². The van der Waals surface area contributed by atoms with E-state index >= 15 is 0 Å². The molecule has 0 aliphatic rings. The first-order chi connectivity index (χ1) is 13.6. The first kappa shape index (κ1) is 23.5. The quantitative estimate of drug-likeness (QED) is 0.236. The largest absolute Gasteiger partial charge is 0.490 e. The molecule has 0 radical (unpaired) electrons. The number of thiazole rings is 1. The Kier molecular flexibility index (Phi) is 9.22. The van der Waals surface area contributed by atoms with E-state index in [2.05, 4.69) is 41.4 Å². The Morgan fingerprint density at radius 2 is 2.14 bits per heavy atom. The molecule has 1 unspecified atom stereocenters. The number of ether oxygens (including phenoxy) is 1. The van der Waals surface area contributed by atoms with Crippen LogP contribution in [0.1, 0.15) is 49.4 Å². The molecule has 2 heterocycles. The molecule has 6 nitrogen and oxygen atoms in total. The fourth-order valence-electron chi connectivity index (χ4n) is 2.87. The maximum absolute atomic E-state index is 6.09. The molecule has 3 aromatic rings. The lowest BCUT2D eigenvalue weighted by Gasteiger charge is -2.15. The minimum absolute atomic E-state index is 0. The van der Waals surface area contributed by atoms with Gasteiger partial charge in [-0.2, -0.15) is 0 Å². The molecule has 0 aliphatic heterocycles. The van der Waals surface area contributed by atoms with Gasteiger partial charge in [0.1, 0.15) is 10.8 Å². The zero-order valence-corrected chi connectivity index (χ0v) is 20.5. The Labute approximate surface area is 193 Å². The first-order valence-electron chi connectivity index (χ1n) is 9.78. The molecule has 29 heavy (non-hydrogen) atoms. The zero-order valence-electron chi connectivity index (χ0n) is 17.3. The number of hydrogen-bond donors (Lipinski definition) is 2. The van der Waals surface area contributed by atoms with Gasteiger partial charge in [-0.25, -0.2) is 9.98 Å². The summed E-state index contributed by atoms with van der Waals surface area (Å²) in [5.41, 5.74) is 0.782. The third-order valence-corrected chi connectivity index (χ3v) is 5.40. The van der Waals surface area contributed by atoms with Gasteiger partial charge < -0.3 is 19.8 Å². The molecule has 2 N–H and O–H groups in total. The van der Waals surface area contributed by atoms with Crippen LogP contribution in [-0.2, 0) is 13.0 Å². The number of para-hydroxylation sites is 1. The van der Waals surface area contributed by atoms with E-state index in [-0.39, 0.29) is 30.0 Å². The molecule has 1 aromatic carbocycles. The lowest BCUT2D eigenvalue weighted by atomic mass is 10.2. The number of nitrogens with one attached hydrogen (secondary N) is 2. The number of aromatic nitrogens is 1. The fourth-order valence-corrected chi connectivity index (χ4v) is 3.65. The standard InChI is InChI=1S/C21H28N4O2S.HI/c1-5-16-12-23-19(28-16)13-24-21(22-6-2)25-14(4)18-11-15-9-8-10-17(26-7-3)20(15)27-18;/h8-12,14H,5-7,13H2,1-4H3,(H2,22,24,25);1H. The van der Waals surface area contributed by atoms with E-state index in [9.17, 15) is 0 Å². The van der Waals surface area contributed by atoms with Gasteiger partial charge in [0, 0.05) is 23.0 Å². The predicted octanol–water partition coefficient (Wildman–Crippen LogP) is 5.28. The minimum Gasteiger partial charge on any atom is -0.490 e. The van der Waals surface area contributed by atoms with Crippen LogP contribution in [0.4, 0.5) is 0 Å². The first-order valence-corrected chi connectivity index (χ1v) is 10.6. The molecule has 0 amide bonds. The lowest BCUT2D eigenvalue weighted by molar-refractivity contribution is 0.336.